The van der Waals surface area contributed by atoms with Gasteiger partial charge in [0.2, 0.25) is 0 Å². The molecule has 0 bridgehead atoms. The molecule has 0 saturated heterocycles. The maximum Gasteiger partial charge on any atom is 0.141 e. The molecule has 0 N–H and O–H groups in total. The van der Waals surface area contributed by atoms with E-state index in [0.717, 1.165) is 66.3 Å². The Morgan fingerprint density at radius 1 is 1.19 bits per heavy atom. The van der Waals surface area contributed by atoms with Crippen molar-refractivity contribution in [3.63, 3.8) is 0 Å². The number of pyridine rings is 2. The SMILES string of the molecule is CN1CCn2c(-c3ccc4cnc(CC(=O)C5CC5)cc4n3)cnc2C1. The third kappa shape index (κ3) is 2.80. The van der Waals surface area contributed by atoms with Crippen LogP contribution in [0, 0.1) is 5.92 Å². The monoisotopic (exact) mass is 347 g/mol. The highest BCUT2D eigenvalue weighted by atomic mass is 16.1. The van der Waals surface area contributed by atoms with Gasteiger partial charge >= 0.3 is 0 Å². The summed E-state index contributed by atoms with van der Waals surface area (Å²) in [4.78, 5) is 28.2. The molecule has 1 fully saturated rings. The first-order valence-corrected chi connectivity index (χ1v) is 9.19. The van der Waals surface area contributed by atoms with Crippen LogP contribution in [0.1, 0.15) is 24.4 Å². The number of imidazole rings is 1. The summed E-state index contributed by atoms with van der Waals surface area (Å²) < 4.78 is 2.26. The third-order valence-electron chi connectivity index (χ3n) is 5.34. The lowest BCUT2D eigenvalue weighted by molar-refractivity contribution is -0.119. The zero-order valence-electron chi connectivity index (χ0n) is 14.9. The van der Waals surface area contributed by atoms with E-state index in [-0.39, 0.29) is 5.92 Å². The fourth-order valence-corrected chi connectivity index (χ4v) is 3.61. The van der Waals surface area contributed by atoms with Gasteiger partial charge in [-0.1, -0.05) is 0 Å². The molecule has 0 radical (unpaired) electrons. The molecule has 0 aromatic carbocycles. The Morgan fingerprint density at radius 3 is 2.92 bits per heavy atom. The van der Waals surface area contributed by atoms with E-state index in [4.69, 9.17) is 4.98 Å². The molecule has 1 aliphatic heterocycles. The molecule has 1 saturated carbocycles. The van der Waals surface area contributed by atoms with Crippen LogP contribution in [0.3, 0.4) is 0 Å². The smallest absolute Gasteiger partial charge is 0.141 e. The lowest BCUT2D eigenvalue weighted by Gasteiger charge is -2.24. The molecule has 6 heteroatoms. The molecular formula is C20H21N5O. The molecule has 6 nitrogen and oxygen atoms in total. The maximum atomic E-state index is 12.1. The Kier molecular flexibility index (Phi) is 3.60. The highest BCUT2D eigenvalue weighted by Gasteiger charge is 2.29. The first kappa shape index (κ1) is 15.6. The molecule has 3 aromatic rings. The summed E-state index contributed by atoms with van der Waals surface area (Å²) >= 11 is 0. The van der Waals surface area contributed by atoms with E-state index in [1.165, 1.54) is 0 Å². The first-order valence-electron chi connectivity index (χ1n) is 9.19. The van der Waals surface area contributed by atoms with E-state index >= 15 is 0 Å². The topological polar surface area (TPSA) is 63.9 Å². The second kappa shape index (κ2) is 5.99. The van der Waals surface area contributed by atoms with Crippen molar-refractivity contribution in [2.45, 2.75) is 32.4 Å². The van der Waals surface area contributed by atoms with E-state index in [9.17, 15) is 4.79 Å². The number of likely N-dealkylation sites (N-methyl/N-ethyl adjacent to an activating group) is 1. The van der Waals surface area contributed by atoms with Crippen molar-refractivity contribution in [3.05, 3.63) is 42.1 Å². The van der Waals surface area contributed by atoms with Crippen LogP contribution in [0.4, 0.5) is 0 Å². The average molecular weight is 347 g/mol. The van der Waals surface area contributed by atoms with Crippen LogP contribution in [-0.2, 0) is 24.3 Å². The van der Waals surface area contributed by atoms with E-state index in [1.54, 1.807) is 0 Å². The van der Waals surface area contributed by atoms with E-state index in [0.29, 0.717) is 12.2 Å². The van der Waals surface area contributed by atoms with Gasteiger partial charge in [-0.05, 0) is 38.1 Å². The van der Waals surface area contributed by atoms with Crippen molar-refractivity contribution in [1.29, 1.82) is 0 Å². The van der Waals surface area contributed by atoms with Crippen LogP contribution >= 0.6 is 0 Å². The van der Waals surface area contributed by atoms with Crippen molar-refractivity contribution in [3.8, 4) is 11.4 Å². The van der Waals surface area contributed by atoms with Crippen LogP contribution in [0.15, 0.2) is 30.6 Å². The fraction of sp³-hybridized carbons (Fsp3) is 0.400. The average Bonchev–Trinajstić information content (AvgIpc) is 3.41. The number of ketones is 1. The van der Waals surface area contributed by atoms with Gasteiger partial charge in [0.1, 0.15) is 11.6 Å². The molecule has 0 atom stereocenters. The predicted molar refractivity (Wildman–Crippen MR) is 98.5 cm³/mol. The number of nitrogens with zero attached hydrogens (tertiary/aromatic N) is 5. The second-order valence-corrected chi connectivity index (χ2v) is 7.43. The van der Waals surface area contributed by atoms with Crippen molar-refractivity contribution in [2.24, 2.45) is 5.92 Å². The fourth-order valence-electron chi connectivity index (χ4n) is 3.61. The highest BCUT2D eigenvalue weighted by molar-refractivity contribution is 5.86. The molecule has 0 spiro atoms. The number of hydrogen-bond acceptors (Lipinski definition) is 5. The quantitative estimate of drug-likeness (QED) is 0.725. The number of hydrogen-bond donors (Lipinski definition) is 0. The third-order valence-corrected chi connectivity index (χ3v) is 5.34. The largest absolute Gasteiger partial charge is 0.324 e. The zero-order chi connectivity index (χ0) is 17.7. The maximum absolute atomic E-state index is 12.1. The van der Waals surface area contributed by atoms with E-state index < -0.39 is 0 Å². The van der Waals surface area contributed by atoms with E-state index in [1.807, 2.05) is 30.6 Å². The standard InChI is InChI=1S/C20H21N5O/c1-24-6-7-25-18(11-22-20(25)12-24)16-5-4-14-10-21-15(8-17(14)23-16)9-19(26)13-2-3-13/h4-5,8,10-11,13H,2-3,6-7,9,12H2,1H3. The van der Waals surface area contributed by atoms with Gasteiger partial charge in [0.25, 0.3) is 0 Å². The lowest BCUT2D eigenvalue weighted by Crippen LogP contribution is -2.30. The van der Waals surface area contributed by atoms with Gasteiger partial charge in [0.05, 0.1) is 29.6 Å². The van der Waals surface area contributed by atoms with Gasteiger partial charge in [-0.2, -0.15) is 0 Å². The summed E-state index contributed by atoms with van der Waals surface area (Å²) in [6.45, 7) is 2.81. The summed E-state index contributed by atoms with van der Waals surface area (Å²) in [7, 11) is 2.11. The van der Waals surface area contributed by atoms with Gasteiger partial charge in [0.15, 0.2) is 0 Å². The minimum atomic E-state index is 0.267. The van der Waals surface area contributed by atoms with Gasteiger partial charge in [-0.3, -0.25) is 14.7 Å². The number of carbonyl (C=O) groups is 1. The van der Waals surface area contributed by atoms with Crippen molar-refractivity contribution >= 4 is 16.7 Å². The summed E-state index contributed by atoms with van der Waals surface area (Å²) in [6.07, 6.45) is 6.23. The molecular weight excluding hydrogens is 326 g/mol. The summed E-state index contributed by atoms with van der Waals surface area (Å²) in [5.41, 5.74) is 3.68. The molecule has 0 amide bonds. The molecule has 5 rings (SSSR count). The predicted octanol–water partition coefficient (Wildman–Crippen LogP) is 2.46. The molecule has 0 unspecified atom stereocenters. The van der Waals surface area contributed by atoms with Gasteiger partial charge in [0, 0.05) is 42.7 Å². The van der Waals surface area contributed by atoms with Gasteiger partial charge < -0.3 is 4.57 Å². The minimum Gasteiger partial charge on any atom is -0.324 e. The van der Waals surface area contributed by atoms with Crippen LogP contribution in [-0.4, -0.2) is 43.8 Å². The molecule has 4 heterocycles. The Bertz CT molecular complexity index is 1000. The normalized spacial score (nSPS) is 17.4. The number of rotatable bonds is 4. The van der Waals surface area contributed by atoms with E-state index in [2.05, 4.69) is 26.5 Å². The minimum absolute atomic E-state index is 0.267. The molecule has 26 heavy (non-hydrogen) atoms. The van der Waals surface area contributed by atoms with Gasteiger partial charge in [-0.15, -0.1) is 0 Å². The highest BCUT2D eigenvalue weighted by Crippen LogP contribution is 2.31. The van der Waals surface area contributed by atoms with Crippen LogP contribution in [0.5, 0.6) is 0 Å². The summed E-state index contributed by atoms with van der Waals surface area (Å²) in [6, 6.07) is 6.04. The molecule has 1 aliphatic carbocycles. The number of aromatic nitrogens is 4. The number of carbonyl (C=O) groups excluding carboxylic acids is 1. The molecule has 132 valence electrons. The Labute approximate surface area is 151 Å². The van der Waals surface area contributed by atoms with Crippen LogP contribution < -0.4 is 0 Å². The van der Waals surface area contributed by atoms with Crippen molar-refractivity contribution in [1.82, 2.24) is 24.4 Å². The zero-order valence-corrected chi connectivity index (χ0v) is 14.9. The van der Waals surface area contributed by atoms with Crippen molar-refractivity contribution < 1.29 is 4.79 Å². The molecule has 2 aliphatic rings. The van der Waals surface area contributed by atoms with Crippen LogP contribution in [0.2, 0.25) is 0 Å². The van der Waals surface area contributed by atoms with Crippen molar-refractivity contribution in [2.75, 3.05) is 13.6 Å². The summed E-state index contributed by atoms with van der Waals surface area (Å²) in [5, 5.41) is 0.995. The summed E-state index contributed by atoms with van der Waals surface area (Å²) in [5.74, 6) is 1.66. The lowest BCUT2D eigenvalue weighted by atomic mass is 10.1. The Balaban J connectivity index is 1.50. The first-order chi connectivity index (χ1) is 12.7. The Morgan fingerprint density at radius 2 is 2.08 bits per heavy atom. The van der Waals surface area contributed by atoms with Gasteiger partial charge in [-0.25, -0.2) is 9.97 Å². The molecule has 3 aromatic heterocycles. The Hall–Kier alpha value is -2.60. The number of Topliss-reactive ketones (excluding diaryl/α,β-unsaturated/α-hetero) is 1. The number of fused-ring (bicyclic) bond motifs is 2. The van der Waals surface area contributed by atoms with Crippen LogP contribution in [0.25, 0.3) is 22.3 Å². The second-order valence-electron chi connectivity index (χ2n) is 7.43.